The van der Waals surface area contributed by atoms with Crippen molar-refractivity contribution in [1.82, 2.24) is 0 Å². The molecule has 106 valence electrons. The number of aryl methyl sites for hydroxylation is 1. The Kier molecular flexibility index (Phi) is 5.05. The summed E-state index contributed by atoms with van der Waals surface area (Å²) in [6, 6.07) is 13.8. The van der Waals surface area contributed by atoms with Gasteiger partial charge in [-0.2, -0.15) is 0 Å². The van der Waals surface area contributed by atoms with Gasteiger partial charge in [0, 0.05) is 11.1 Å². The summed E-state index contributed by atoms with van der Waals surface area (Å²) in [7, 11) is 0. The Morgan fingerprint density at radius 1 is 1.20 bits per heavy atom. The molecule has 2 N–H and O–H groups in total. The van der Waals surface area contributed by atoms with E-state index in [-0.39, 0.29) is 6.04 Å². The van der Waals surface area contributed by atoms with E-state index in [2.05, 4.69) is 6.92 Å². The van der Waals surface area contributed by atoms with Crippen molar-refractivity contribution in [2.24, 2.45) is 5.73 Å². The van der Waals surface area contributed by atoms with Crippen molar-refractivity contribution in [2.45, 2.75) is 32.7 Å². The smallest absolute Gasteiger partial charge is 0.130 e. The largest absolute Gasteiger partial charge is 0.457 e. The molecule has 0 fully saturated rings. The molecular weight excluding hydrogens is 270 g/mol. The van der Waals surface area contributed by atoms with Crippen LogP contribution in [0.1, 0.15) is 24.5 Å². The van der Waals surface area contributed by atoms with E-state index >= 15 is 0 Å². The average Bonchev–Trinajstić information content (AvgIpc) is 2.42. The third-order valence-electron chi connectivity index (χ3n) is 3.25. The van der Waals surface area contributed by atoms with Crippen molar-refractivity contribution in [3.8, 4) is 11.5 Å². The van der Waals surface area contributed by atoms with Gasteiger partial charge in [-0.3, -0.25) is 0 Å². The topological polar surface area (TPSA) is 35.2 Å². The normalized spacial score (nSPS) is 12.2. The van der Waals surface area contributed by atoms with Gasteiger partial charge < -0.3 is 10.5 Å². The van der Waals surface area contributed by atoms with Crippen LogP contribution in [-0.2, 0) is 6.42 Å². The van der Waals surface area contributed by atoms with E-state index in [1.807, 2.05) is 49.4 Å². The molecule has 0 aliphatic carbocycles. The summed E-state index contributed by atoms with van der Waals surface area (Å²) in [5, 5.41) is 0.708. The molecule has 2 nitrogen and oxygen atoms in total. The van der Waals surface area contributed by atoms with Crippen LogP contribution in [-0.4, -0.2) is 6.04 Å². The molecule has 1 unspecified atom stereocenters. The van der Waals surface area contributed by atoms with E-state index in [0.717, 1.165) is 29.9 Å². The minimum absolute atomic E-state index is 0.119. The van der Waals surface area contributed by atoms with E-state index in [1.165, 1.54) is 5.56 Å². The van der Waals surface area contributed by atoms with Crippen molar-refractivity contribution in [3.63, 3.8) is 0 Å². The first-order chi connectivity index (χ1) is 9.58. The van der Waals surface area contributed by atoms with Gasteiger partial charge in [-0.25, -0.2) is 0 Å². The summed E-state index contributed by atoms with van der Waals surface area (Å²) in [4.78, 5) is 0. The molecule has 2 rings (SSSR count). The summed E-state index contributed by atoms with van der Waals surface area (Å²) >= 11 is 6.08. The number of hydrogen-bond acceptors (Lipinski definition) is 2. The second-order valence-corrected chi connectivity index (χ2v) is 5.48. The predicted octanol–water partition coefficient (Wildman–Crippen LogP) is 4.72. The molecule has 0 bridgehead atoms. The maximum atomic E-state index is 6.08. The Labute approximate surface area is 125 Å². The molecule has 1 atom stereocenters. The van der Waals surface area contributed by atoms with Crippen LogP contribution in [0.25, 0.3) is 0 Å². The highest BCUT2D eigenvalue weighted by Crippen LogP contribution is 2.29. The van der Waals surface area contributed by atoms with Crippen LogP contribution in [0.5, 0.6) is 11.5 Å². The zero-order chi connectivity index (χ0) is 14.5. The highest BCUT2D eigenvalue weighted by atomic mass is 35.5. The first-order valence-corrected chi connectivity index (χ1v) is 7.25. The quantitative estimate of drug-likeness (QED) is 0.864. The zero-order valence-corrected chi connectivity index (χ0v) is 12.7. The van der Waals surface area contributed by atoms with Crippen LogP contribution in [0, 0.1) is 6.92 Å². The molecule has 0 aromatic heterocycles. The lowest BCUT2D eigenvalue weighted by Gasteiger charge is -2.15. The molecule has 0 spiro atoms. The van der Waals surface area contributed by atoms with E-state index < -0.39 is 0 Å². The number of ether oxygens (including phenoxy) is 1. The summed E-state index contributed by atoms with van der Waals surface area (Å²) in [5.41, 5.74) is 8.26. The molecule has 0 saturated carbocycles. The van der Waals surface area contributed by atoms with Gasteiger partial charge in [-0.1, -0.05) is 30.7 Å². The first kappa shape index (κ1) is 14.9. The van der Waals surface area contributed by atoms with Crippen molar-refractivity contribution in [3.05, 3.63) is 58.6 Å². The average molecular weight is 290 g/mol. The standard InChI is InChI=1S/C17H20ClNO/c1-3-15(19)11-13-10-14(18)7-8-17(13)20-16-6-4-5-12(2)9-16/h4-10,15H,3,11,19H2,1-2H3. The number of halogens is 1. The number of rotatable bonds is 5. The molecule has 0 radical (unpaired) electrons. The SMILES string of the molecule is CCC(N)Cc1cc(Cl)ccc1Oc1cccc(C)c1. The molecule has 3 heteroatoms. The lowest BCUT2D eigenvalue weighted by atomic mass is 10.0. The molecule has 2 aromatic rings. The fourth-order valence-corrected chi connectivity index (χ4v) is 2.23. The van der Waals surface area contributed by atoms with Gasteiger partial charge in [0.25, 0.3) is 0 Å². The van der Waals surface area contributed by atoms with Crippen LogP contribution in [0.15, 0.2) is 42.5 Å². The summed E-state index contributed by atoms with van der Waals surface area (Å²) in [6.07, 6.45) is 1.69. The van der Waals surface area contributed by atoms with Crippen molar-refractivity contribution < 1.29 is 4.74 Å². The molecule has 0 aliphatic heterocycles. The van der Waals surface area contributed by atoms with Gasteiger partial charge >= 0.3 is 0 Å². The molecule has 0 saturated heterocycles. The fourth-order valence-electron chi connectivity index (χ4n) is 2.04. The Bertz CT molecular complexity index is 583. The highest BCUT2D eigenvalue weighted by molar-refractivity contribution is 6.30. The summed E-state index contributed by atoms with van der Waals surface area (Å²) in [6.45, 7) is 4.12. The van der Waals surface area contributed by atoms with Crippen molar-refractivity contribution >= 4 is 11.6 Å². The van der Waals surface area contributed by atoms with E-state index in [9.17, 15) is 0 Å². The third kappa shape index (κ3) is 3.99. The second-order valence-electron chi connectivity index (χ2n) is 5.04. The third-order valence-corrected chi connectivity index (χ3v) is 3.48. The maximum absolute atomic E-state index is 6.08. The van der Waals surface area contributed by atoms with Gasteiger partial charge in [0.1, 0.15) is 11.5 Å². The monoisotopic (exact) mass is 289 g/mol. The second kappa shape index (κ2) is 6.78. The fraction of sp³-hybridized carbons (Fsp3) is 0.294. The minimum Gasteiger partial charge on any atom is -0.457 e. The van der Waals surface area contributed by atoms with Gasteiger partial charge in [0.05, 0.1) is 0 Å². The number of benzene rings is 2. The molecule has 0 amide bonds. The van der Waals surface area contributed by atoms with Gasteiger partial charge in [0.15, 0.2) is 0 Å². The van der Waals surface area contributed by atoms with Crippen molar-refractivity contribution in [1.29, 1.82) is 0 Å². The molecule has 0 aliphatic rings. The Morgan fingerprint density at radius 2 is 2.00 bits per heavy atom. The van der Waals surface area contributed by atoms with Crippen LogP contribution in [0.2, 0.25) is 5.02 Å². The summed E-state index contributed by atoms with van der Waals surface area (Å²) in [5.74, 6) is 1.66. The van der Waals surface area contributed by atoms with E-state index in [4.69, 9.17) is 22.1 Å². The molecule has 0 heterocycles. The minimum atomic E-state index is 0.119. The number of hydrogen-bond donors (Lipinski definition) is 1. The summed E-state index contributed by atoms with van der Waals surface area (Å²) < 4.78 is 5.98. The van der Waals surface area contributed by atoms with Crippen LogP contribution in [0.3, 0.4) is 0 Å². The van der Waals surface area contributed by atoms with Crippen LogP contribution in [0.4, 0.5) is 0 Å². The predicted molar refractivity (Wildman–Crippen MR) is 84.7 cm³/mol. The van der Waals surface area contributed by atoms with Gasteiger partial charge in [-0.05, 0) is 61.2 Å². The first-order valence-electron chi connectivity index (χ1n) is 6.87. The lowest BCUT2D eigenvalue weighted by Crippen LogP contribution is -2.21. The Morgan fingerprint density at radius 3 is 2.70 bits per heavy atom. The number of nitrogens with two attached hydrogens (primary N) is 1. The van der Waals surface area contributed by atoms with Crippen LogP contribution < -0.4 is 10.5 Å². The van der Waals surface area contributed by atoms with E-state index in [1.54, 1.807) is 0 Å². The highest BCUT2D eigenvalue weighted by Gasteiger charge is 2.10. The molecule has 20 heavy (non-hydrogen) atoms. The van der Waals surface area contributed by atoms with Crippen LogP contribution >= 0.6 is 11.6 Å². The maximum Gasteiger partial charge on any atom is 0.130 e. The Hall–Kier alpha value is -1.51. The molecule has 2 aromatic carbocycles. The molecular formula is C17H20ClNO. The Balaban J connectivity index is 2.26. The van der Waals surface area contributed by atoms with Crippen molar-refractivity contribution in [2.75, 3.05) is 0 Å². The van der Waals surface area contributed by atoms with E-state index in [0.29, 0.717) is 5.02 Å². The van der Waals surface area contributed by atoms with Gasteiger partial charge in [0.2, 0.25) is 0 Å². The zero-order valence-electron chi connectivity index (χ0n) is 11.9. The van der Waals surface area contributed by atoms with Gasteiger partial charge in [-0.15, -0.1) is 0 Å². The lowest BCUT2D eigenvalue weighted by molar-refractivity contribution is 0.472.